The van der Waals surface area contributed by atoms with Crippen molar-refractivity contribution in [1.29, 1.82) is 0 Å². The van der Waals surface area contributed by atoms with E-state index < -0.39 is 0 Å². The summed E-state index contributed by atoms with van der Waals surface area (Å²) in [7, 11) is 1.71. The fourth-order valence-corrected chi connectivity index (χ4v) is 5.77. The molecule has 0 bridgehead atoms. The maximum Gasteiger partial charge on any atom is 0.410 e. The van der Waals surface area contributed by atoms with E-state index in [1.807, 2.05) is 11.8 Å². The summed E-state index contributed by atoms with van der Waals surface area (Å²) in [6, 6.07) is 0.101. The van der Waals surface area contributed by atoms with Crippen LogP contribution in [0.1, 0.15) is 59.8 Å². The minimum atomic E-state index is -0.320. The highest BCUT2D eigenvalue weighted by Gasteiger charge is 2.72. The van der Waals surface area contributed by atoms with Crippen molar-refractivity contribution in [2.45, 2.75) is 95.4 Å². The number of allylic oxidation sites excluding steroid dienone is 1. The molecule has 4 rings (SSSR count). The second kappa shape index (κ2) is 9.00. The zero-order valence-corrected chi connectivity index (χ0v) is 19.7. The van der Waals surface area contributed by atoms with Crippen LogP contribution in [0.15, 0.2) is 11.6 Å². The maximum absolute atomic E-state index is 13.1. The number of likely N-dealkylation sites (tertiary alicyclic amines) is 1. The first-order valence-corrected chi connectivity index (χ1v) is 11.9. The van der Waals surface area contributed by atoms with Crippen molar-refractivity contribution in [2.75, 3.05) is 33.5 Å². The average Bonchev–Trinajstić information content (AvgIpc) is 3.59. The van der Waals surface area contributed by atoms with Gasteiger partial charge in [-0.3, -0.25) is 0 Å². The van der Waals surface area contributed by atoms with E-state index >= 15 is 0 Å². The van der Waals surface area contributed by atoms with Gasteiger partial charge in [-0.2, -0.15) is 0 Å². The molecule has 7 atom stereocenters. The normalized spacial score (nSPS) is 41.3. The van der Waals surface area contributed by atoms with Crippen LogP contribution in [0.3, 0.4) is 0 Å². The Balaban J connectivity index is 1.45. The van der Waals surface area contributed by atoms with Crippen LogP contribution in [0.4, 0.5) is 4.79 Å². The van der Waals surface area contributed by atoms with Crippen LogP contribution in [-0.2, 0) is 23.7 Å². The number of ether oxygens (including phenoxy) is 5. The minimum Gasteiger partial charge on any atom is -0.443 e. The number of hydrogen-bond acceptors (Lipinski definition) is 6. The summed E-state index contributed by atoms with van der Waals surface area (Å²) in [5.74, 6) is 0.0462. The number of hydrogen-bond donors (Lipinski definition) is 0. The molecule has 4 fully saturated rings. The first kappa shape index (κ1) is 23.0. The van der Waals surface area contributed by atoms with Crippen LogP contribution in [0.5, 0.6) is 0 Å². The number of methoxy groups -OCH3 is 1. The number of carbonyl (C=O) groups excluding carboxylic acids is 1. The van der Waals surface area contributed by atoms with Gasteiger partial charge in [0.05, 0.1) is 31.3 Å². The second-order valence-corrected chi connectivity index (χ2v) is 9.95. The van der Waals surface area contributed by atoms with Crippen LogP contribution in [-0.4, -0.2) is 80.0 Å². The fourth-order valence-electron chi connectivity index (χ4n) is 5.77. The van der Waals surface area contributed by atoms with Crippen molar-refractivity contribution in [3.05, 3.63) is 11.6 Å². The maximum atomic E-state index is 13.1. The van der Waals surface area contributed by atoms with Crippen LogP contribution in [0.25, 0.3) is 0 Å². The smallest absolute Gasteiger partial charge is 0.410 e. The quantitative estimate of drug-likeness (QED) is 0.426. The molecule has 0 radical (unpaired) electrons. The zero-order chi connectivity index (χ0) is 22.2. The average molecular weight is 438 g/mol. The molecule has 31 heavy (non-hydrogen) atoms. The lowest BCUT2D eigenvalue weighted by atomic mass is 9.68. The molecule has 3 aliphatic heterocycles. The van der Waals surface area contributed by atoms with Gasteiger partial charge in [0, 0.05) is 20.3 Å². The van der Waals surface area contributed by atoms with Gasteiger partial charge in [0.25, 0.3) is 0 Å². The highest BCUT2D eigenvalue weighted by molar-refractivity contribution is 5.68. The van der Waals surface area contributed by atoms with Gasteiger partial charge < -0.3 is 28.6 Å². The van der Waals surface area contributed by atoms with E-state index in [9.17, 15) is 4.79 Å². The number of carbonyl (C=O) groups is 1. The first-order valence-electron chi connectivity index (χ1n) is 11.9. The monoisotopic (exact) mass is 437 g/mol. The van der Waals surface area contributed by atoms with Gasteiger partial charge >= 0.3 is 6.09 Å². The van der Waals surface area contributed by atoms with Gasteiger partial charge in [0.1, 0.15) is 23.4 Å². The fraction of sp³-hybridized carbons (Fsp3) is 0.875. The zero-order valence-electron chi connectivity index (χ0n) is 19.7. The molecule has 4 aliphatic rings. The standard InChI is InChI=1S/C24H39NO6/c1-6-28-14-17-8-7-13-25(17)22(26)30-18-11-12-24(15-29-24)21(20(18)27-5)23(4)19(31-23)10-9-16(2)3/h9,17-21H,6-8,10-15H2,1-5H3/t17-,18?,19+,20?,21?,23-,24-/m0/s1. The van der Waals surface area contributed by atoms with Crippen molar-refractivity contribution in [2.24, 2.45) is 5.92 Å². The number of epoxide rings is 2. The van der Waals surface area contributed by atoms with E-state index in [4.69, 9.17) is 23.7 Å². The van der Waals surface area contributed by atoms with Crippen molar-refractivity contribution >= 4 is 6.09 Å². The highest BCUT2D eigenvalue weighted by atomic mass is 16.6. The van der Waals surface area contributed by atoms with Gasteiger partial charge in [0.15, 0.2) is 0 Å². The van der Waals surface area contributed by atoms with Gasteiger partial charge in [0.2, 0.25) is 0 Å². The topological polar surface area (TPSA) is 73.1 Å². The summed E-state index contributed by atoms with van der Waals surface area (Å²) in [6.45, 7) is 11.0. The van der Waals surface area contributed by atoms with Crippen molar-refractivity contribution < 1.29 is 28.5 Å². The molecule has 1 amide bonds. The molecule has 1 aliphatic carbocycles. The van der Waals surface area contributed by atoms with Gasteiger partial charge in [-0.15, -0.1) is 0 Å². The lowest BCUT2D eigenvalue weighted by Crippen LogP contribution is -2.56. The molecule has 7 heteroatoms. The molecule has 0 N–H and O–H groups in total. The molecule has 1 saturated carbocycles. The predicted molar refractivity (Wildman–Crippen MR) is 116 cm³/mol. The van der Waals surface area contributed by atoms with Gasteiger partial charge in [-0.05, 0) is 59.8 Å². The summed E-state index contributed by atoms with van der Waals surface area (Å²) in [6.07, 6.45) is 6.05. The third-order valence-corrected chi connectivity index (χ3v) is 7.62. The van der Waals surface area contributed by atoms with E-state index in [1.165, 1.54) is 5.57 Å². The summed E-state index contributed by atoms with van der Waals surface area (Å²) in [4.78, 5) is 14.9. The first-order chi connectivity index (χ1) is 14.8. The molecule has 3 saturated heterocycles. The Bertz CT molecular complexity index is 688. The Morgan fingerprint density at radius 2 is 2.06 bits per heavy atom. The lowest BCUT2D eigenvalue weighted by molar-refractivity contribution is -0.122. The number of rotatable bonds is 8. The lowest BCUT2D eigenvalue weighted by Gasteiger charge is -2.43. The van der Waals surface area contributed by atoms with E-state index in [0.29, 0.717) is 13.2 Å². The van der Waals surface area contributed by atoms with Crippen LogP contribution < -0.4 is 0 Å². The van der Waals surface area contributed by atoms with Crippen LogP contribution in [0, 0.1) is 5.92 Å². The highest BCUT2D eigenvalue weighted by Crippen LogP contribution is 2.59. The third-order valence-electron chi connectivity index (χ3n) is 7.62. The van der Waals surface area contributed by atoms with Crippen molar-refractivity contribution in [3.8, 4) is 0 Å². The summed E-state index contributed by atoms with van der Waals surface area (Å²) in [5, 5.41) is 0. The van der Waals surface area contributed by atoms with Crippen LogP contribution >= 0.6 is 0 Å². The summed E-state index contributed by atoms with van der Waals surface area (Å²) in [5.41, 5.74) is 0.768. The third kappa shape index (κ3) is 4.52. The van der Waals surface area contributed by atoms with Crippen LogP contribution in [0.2, 0.25) is 0 Å². The Kier molecular flexibility index (Phi) is 6.69. The Labute approximate surface area is 186 Å². The molecule has 3 heterocycles. The molecule has 3 unspecified atom stereocenters. The Hall–Kier alpha value is -1.15. The predicted octanol–water partition coefficient (Wildman–Crippen LogP) is 3.70. The van der Waals surface area contributed by atoms with E-state index in [-0.39, 0.29) is 47.6 Å². The SMILES string of the molecule is CCOC[C@@H]1CCCN1C(=O)OC1CC[C@]2(CO2)C([C@@]2(C)O[C@@H]2CC=C(C)C)C1OC. The van der Waals surface area contributed by atoms with E-state index in [0.717, 1.165) is 45.3 Å². The van der Waals surface area contributed by atoms with Gasteiger partial charge in [-0.25, -0.2) is 4.79 Å². The van der Waals surface area contributed by atoms with E-state index in [1.54, 1.807) is 7.11 Å². The number of nitrogens with zero attached hydrogens (tertiary/aromatic N) is 1. The molecule has 0 aromatic rings. The Morgan fingerprint density at radius 3 is 2.71 bits per heavy atom. The van der Waals surface area contributed by atoms with Gasteiger partial charge in [-0.1, -0.05) is 11.6 Å². The molecule has 1 spiro atoms. The second-order valence-electron chi connectivity index (χ2n) is 9.95. The molecular weight excluding hydrogens is 398 g/mol. The largest absolute Gasteiger partial charge is 0.443 e. The van der Waals surface area contributed by atoms with Crippen molar-refractivity contribution in [3.63, 3.8) is 0 Å². The molecule has 7 nitrogen and oxygen atoms in total. The minimum absolute atomic E-state index is 0.0462. The molecule has 0 aromatic heterocycles. The molecule has 0 aromatic carbocycles. The van der Waals surface area contributed by atoms with Crippen molar-refractivity contribution in [1.82, 2.24) is 4.90 Å². The molecular formula is C24H39NO6. The summed E-state index contributed by atoms with van der Waals surface area (Å²) < 4.78 is 29.9. The van der Waals surface area contributed by atoms with E-state index in [2.05, 4.69) is 26.8 Å². The number of amides is 1. The summed E-state index contributed by atoms with van der Waals surface area (Å²) >= 11 is 0. The molecule has 176 valence electrons. The Morgan fingerprint density at radius 1 is 1.29 bits per heavy atom.